The molecule has 0 atom stereocenters. The predicted molar refractivity (Wildman–Crippen MR) is 126 cm³/mol. The summed E-state index contributed by atoms with van der Waals surface area (Å²) in [6.45, 7) is 1.94. The summed E-state index contributed by atoms with van der Waals surface area (Å²) < 4.78 is 6.82. The van der Waals surface area contributed by atoms with Gasteiger partial charge < -0.3 is 15.4 Å². The molecule has 1 aromatic heterocycles. The number of carbonyl (C=O) groups is 2. The molecule has 3 aromatic rings. The first-order valence-electron chi connectivity index (χ1n) is 9.00. The molecule has 6 nitrogen and oxygen atoms in total. The Hall–Kier alpha value is -2.36. The molecule has 0 spiro atoms. The molecule has 2 N–H and O–H groups in total. The van der Waals surface area contributed by atoms with Crippen LogP contribution in [0.2, 0.25) is 0 Å². The molecule has 0 aliphatic carbocycles. The SMILES string of the molecule is COc1ccc(NC(=O)CSc2nc(CC(=O)Nc3ccc(Br)cc3C)cs2)cc1. The number of nitrogens with one attached hydrogen (secondary N) is 2. The van der Waals surface area contributed by atoms with Crippen molar-refractivity contribution in [1.29, 1.82) is 0 Å². The predicted octanol–water partition coefficient (Wildman–Crippen LogP) is 5.13. The van der Waals surface area contributed by atoms with Gasteiger partial charge in [-0.15, -0.1) is 11.3 Å². The van der Waals surface area contributed by atoms with Crippen LogP contribution in [0.1, 0.15) is 11.3 Å². The van der Waals surface area contributed by atoms with E-state index < -0.39 is 0 Å². The smallest absolute Gasteiger partial charge is 0.234 e. The van der Waals surface area contributed by atoms with E-state index in [1.807, 2.05) is 30.5 Å². The van der Waals surface area contributed by atoms with Crippen molar-refractivity contribution in [3.05, 3.63) is 63.6 Å². The summed E-state index contributed by atoms with van der Waals surface area (Å²) in [7, 11) is 1.60. The van der Waals surface area contributed by atoms with Crippen molar-refractivity contribution in [3.8, 4) is 5.75 Å². The van der Waals surface area contributed by atoms with E-state index in [0.717, 1.165) is 25.8 Å². The highest BCUT2D eigenvalue weighted by molar-refractivity contribution is 9.10. The minimum Gasteiger partial charge on any atom is -0.497 e. The molecule has 0 unspecified atom stereocenters. The van der Waals surface area contributed by atoms with Crippen LogP contribution in [0.5, 0.6) is 5.75 Å². The van der Waals surface area contributed by atoms with Crippen molar-refractivity contribution in [1.82, 2.24) is 4.98 Å². The van der Waals surface area contributed by atoms with Gasteiger partial charge in [-0.3, -0.25) is 9.59 Å². The van der Waals surface area contributed by atoms with E-state index in [9.17, 15) is 9.59 Å². The van der Waals surface area contributed by atoms with E-state index in [0.29, 0.717) is 11.4 Å². The second-order valence-corrected chi connectivity index (χ2v) is 9.35. The van der Waals surface area contributed by atoms with Gasteiger partial charge in [0.25, 0.3) is 0 Å². The highest BCUT2D eigenvalue weighted by atomic mass is 79.9. The number of hydrogen-bond acceptors (Lipinski definition) is 6. The topological polar surface area (TPSA) is 80.3 Å². The van der Waals surface area contributed by atoms with Crippen LogP contribution in [0.25, 0.3) is 0 Å². The molecule has 1 heterocycles. The van der Waals surface area contributed by atoms with Crippen LogP contribution >= 0.6 is 39.0 Å². The fourth-order valence-corrected chi connectivity index (χ4v) is 4.68. The van der Waals surface area contributed by atoms with Crippen LogP contribution in [0.3, 0.4) is 0 Å². The highest BCUT2D eigenvalue weighted by Crippen LogP contribution is 2.24. The first-order valence-corrected chi connectivity index (χ1v) is 11.7. The number of methoxy groups -OCH3 is 1. The van der Waals surface area contributed by atoms with Gasteiger partial charge in [0.15, 0.2) is 4.34 Å². The van der Waals surface area contributed by atoms with Gasteiger partial charge in [0.2, 0.25) is 11.8 Å². The Kier molecular flexibility index (Phi) is 7.89. The van der Waals surface area contributed by atoms with E-state index in [1.54, 1.807) is 31.4 Å². The lowest BCUT2D eigenvalue weighted by molar-refractivity contribution is -0.116. The van der Waals surface area contributed by atoms with Crippen molar-refractivity contribution < 1.29 is 14.3 Å². The Bertz CT molecular complexity index is 1040. The third kappa shape index (κ3) is 6.58. The van der Waals surface area contributed by atoms with Crippen molar-refractivity contribution in [2.75, 3.05) is 23.5 Å². The summed E-state index contributed by atoms with van der Waals surface area (Å²) in [4.78, 5) is 28.9. The molecule has 2 amide bonds. The van der Waals surface area contributed by atoms with Crippen molar-refractivity contribution in [2.24, 2.45) is 0 Å². The fourth-order valence-electron chi connectivity index (χ4n) is 2.56. The molecule has 0 saturated carbocycles. The molecule has 2 aromatic carbocycles. The van der Waals surface area contributed by atoms with Gasteiger partial charge in [-0.1, -0.05) is 27.7 Å². The lowest BCUT2D eigenvalue weighted by Crippen LogP contribution is -2.15. The Morgan fingerprint density at radius 3 is 2.60 bits per heavy atom. The molecule has 156 valence electrons. The molecule has 0 aliphatic heterocycles. The number of nitrogens with zero attached hydrogens (tertiary/aromatic N) is 1. The number of benzene rings is 2. The number of thiazole rings is 1. The summed E-state index contributed by atoms with van der Waals surface area (Å²) in [6.07, 6.45) is 0.185. The molecule has 30 heavy (non-hydrogen) atoms. The van der Waals surface area contributed by atoms with Gasteiger partial charge in [-0.2, -0.15) is 0 Å². The molecule has 0 aliphatic rings. The third-order valence-corrected chi connectivity index (χ3v) is 6.60. The number of amides is 2. The number of carbonyl (C=O) groups excluding carboxylic acids is 2. The molecule has 0 radical (unpaired) electrons. The fraction of sp³-hybridized carbons (Fsp3) is 0.190. The Labute approximate surface area is 191 Å². The van der Waals surface area contributed by atoms with E-state index in [2.05, 4.69) is 31.5 Å². The Morgan fingerprint density at radius 2 is 1.90 bits per heavy atom. The number of rotatable bonds is 8. The van der Waals surface area contributed by atoms with Crippen LogP contribution in [0.4, 0.5) is 11.4 Å². The standard InChI is InChI=1S/C21H20BrN3O3S2/c1-13-9-14(22)3-8-18(13)25-19(26)10-16-11-29-21(24-16)30-12-20(27)23-15-4-6-17(28-2)7-5-15/h3-9,11H,10,12H2,1-2H3,(H,23,27)(H,25,26). The molecule has 0 bridgehead atoms. The zero-order chi connectivity index (χ0) is 21.5. The summed E-state index contributed by atoms with van der Waals surface area (Å²) >= 11 is 6.18. The first-order chi connectivity index (χ1) is 14.4. The van der Waals surface area contributed by atoms with E-state index in [1.165, 1.54) is 23.1 Å². The average molecular weight is 506 g/mol. The summed E-state index contributed by atoms with van der Waals surface area (Å²) in [6, 6.07) is 12.8. The second kappa shape index (κ2) is 10.6. The Balaban J connectivity index is 1.47. The van der Waals surface area contributed by atoms with Gasteiger partial charge in [0, 0.05) is 21.2 Å². The monoisotopic (exact) mass is 505 g/mol. The van der Waals surface area contributed by atoms with Gasteiger partial charge in [-0.05, 0) is 55.0 Å². The van der Waals surface area contributed by atoms with Gasteiger partial charge >= 0.3 is 0 Å². The van der Waals surface area contributed by atoms with Gasteiger partial charge in [0.1, 0.15) is 5.75 Å². The number of aromatic nitrogens is 1. The van der Waals surface area contributed by atoms with Gasteiger partial charge in [0.05, 0.1) is 25.0 Å². The Morgan fingerprint density at radius 1 is 1.13 bits per heavy atom. The first kappa shape index (κ1) is 22.3. The number of hydrogen-bond donors (Lipinski definition) is 2. The highest BCUT2D eigenvalue weighted by Gasteiger charge is 2.11. The molecule has 0 fully saturated rings. The number of anilines is 2. The van der Waals surface area contributed by atoms with Gasteiger partial charge in [-0.25, -0.2) is 4.98 Å². The van der Waals surface area contributed by atoms with E-state index in [-0.39, 0.29) is 24.0 Å². The molecular weight excluding hydrogens is 486 g/mol. The second-order valence-electron chi connectivity index (χ2n) is 6.35. The maximum atomic E-state index is 12.3. The lowest BCUT2D eigenvalue weighted by Gasteiger charge is -2.08. The summed E-state index contributed by atoms with van der Waals surface area (Å²) in [5, 5.41) is 7.58. The molecule has 9 heteroatoms. The number of ether oxygens (including phenoxy) is 1. The minimum atomic E-state index is -0.125. The molecular formula is C21H20BrN3O3S2. The quantitative estimate of drug-likeness (QED) is 0.414. The zero-order valence-corrected chi connectivity index (χ0v) is 19.6. The van der Waals surface area contributed by atoms with Crippen LogP contribution in [0.15, 0.2) is 56.7 Å². The van der Waals surface area contributed by atoms with Crippen LogP contribution in [-0.2, 0) is 16.0 Å². The normalized spacial score (nSPS) is 10.5. The van der Waals surface area contributed by atoms with Crippen LogP contribution < -0.4 is 15.4 Å². The number of thioether (sulfide) groups is 1. The van der Waals surface area contributed by atoms with Crippen molar-refractivity contribution in [2.45, 2.75) is 17.7 Å². The maximum absolute atomic E-state index is 12.3. The number of aryl methyl sites for hydroxylation is 1. The maximum Gasteiger partial charge on any atom is 0.234 e. The van der Waals surface area contributed by atoms with Crippen LogP contribution in [-0.4, -0.2) is 29.7 Å². The lowest BCUT2D eigenvalue weighted by atomic mass is 10.2. The van der Waals surface area contributed by atoms with Crippen LogP contribution in [0, 0.1) is 6.92 Å². The minimum absolute atomic E-state index is 0.120. The summed E-state index contributed by atoms with van der Waals surface area (Å²) in [5.74, 6) is 0.727. The summed E-state index contributed by atoms with van der Waals surface area (Å²) in [5.41, 5.74) is 3.16. The van der Waals surface area contributed by atoms with Crippen molar-refractivity contribution in [3.63, 3.8) is 0 Å². The third-order valence-electron chi connectivity index (χ3n) is 4.04. The largest absolute Gasteiger partial charge is 0.497 e. The zero-order valence-electron chi connectivity index (χ0n) is 16.4. The number of halogens is 1. The van der Waals surface area contributed by atoms with E-state index >= 15 is 0 Å². The van der Waals surface area contributed by atoms with Crippen molar-refractivity contribution >= 4 is 62.2 Å². The molecule has 0 saturated heterocycles. The van der Waals surface area contributed by atoms with E-state index in [4.69, 9.17) is 4.74 Å². The average Bonchev–Trinajstić information content (AvgIpc) is 3.16. The molecule has 3 rings (SSSR count).